The van der Waals surface area contributed by atoms with Crippen LogP contribution in [0.2, 0.25) is 0 Å². The number of hydrogen-bond acceptors (Lipinski definition) is 3. The van der Waals surface area contributed by atoms with E-state index in [2.05, 4.69) is 71.6 Å². The average molecular weight is 340 g/mol. The summed E-state index contributed by atoms with van der Waals surface area (Å²) in [6.07, 6.45) is 2.91. The first-order valence-electron chi connectivity index (χ1n) is 8.28. The molecule has 0 aliphatic carbocycles. The number of rotatable bonds is 2. The van der Waals surface area contributed by atoms with Crippen molar-refractivity contribution in [3.8, 4) is 0 Å². The Morgan fingerprint density at radius 1 is 1.12 bits per heavy atom. The van der Waals surface area contributed by atoms with E-state index in [0.717, 1.165) is 31.0 Å². The smallest absolute Gasteiger partial charge is 0.171 e. The normalized spacial score (nSPS) is 14.0. The van der Waals surface area contributed by atoms with E-state index in [-0.39, 0.29) is 5.54 Å². The van der Waals surface area contributed by atoms with Crippen molar-refractivity contribution in [2.45, 2.75) is 39.3 Å². The summed E-state index contributed by atoms with van der Waals surface area (Å²) in [6, 6.07) is 12.7. The van der Waals surface area contributed by atoms with Gasteiger partial charge in [0.2, 0.25) is 0 Å². The molecule has 1 aliphatic heterocycles. The molecule has 2 N–H and O–H groups in total. The van der Waals surface area contributed by atoms with E-state index >= 15 is 0 Å². The third kappa shape index (κ3) is 4.23. The summed E-state index contributed by atoms with van der Waals surface area (Å²) in [7, 11) is 0. The third-order valence-electron chi connectivity index (χ3n) is 3.95. The summed E-state index contributed by atoms with van der Waals surface area (Å²) in [4.78, 5) is 6.92. The Labute approximate surface area is 149 Å². The standard InChI is InChI=1S/C19H24N4S/c1-19(2,3)22-18(24)21-16-8-9-17(20-12-16)23-11-10-14-6-4-5-7-15(14)13-23/h4-9,12H,10-11,13H2,1-3H3,(H2,21,22,24). The monoisotopic (exact) mass is 340 g/mol. The van der Waals surface area contributed by atoms with E-state index in [4.69, 9.17) is 12.2 Å². The van der Waals surface area contributed by atoms with Crippen molar-refractivity contribution >= 4 is 28.8 Å². The molecule has 2 aromatic rings. The zero-order valence-electron chi connectivity index (χ0n) is 14.5. The van der Waals surface area contributed by atoms with Gasteiger partial charge in [-0.3, -0.25) is 0 Å². The Hall–Kier alpha value is -2.14. The highest BCUT2D eigenvalue weighted by atomic mass is 32.1. The van der Waals surface area contributed by atoms with Crippen LogP contribution >= 0.6 is 12.2 Å². The van der Waals surface area contributed by atoms with Gasteiger partial charge in [0, 0.05) is 18.6 Å². The van der Waals surface area contributed by atoms with Crippen molar-refractivity contribution < 1.29 is 0 Å². The van der Waals surface area contributed by atoms with Crippen LogP contribution in [0.1, 0.15) is 31.9 Å². The number of nitrogens with one attached hydrogen (secondary N) is 2. The van der Waals surface area contributed by atoms with E-state index in [1.54, 1.807) is 0 Å². The maximum Gasteiger partial charge on any atom is 0.171 e. The molecule has 0 spiro atoms. The van der Waals surface area contributed by atoms with Gasteiger partial charge in [-0.1, -0.05) is 24.3 Å². The number of thiocarbonyl (C=S) groups is 1. The van der Waals surface area contributed by atoms with Crippen LogP contribution in [0, 0.1) is 0 Å². The highest BCUT2D eigenvalue weighted by Gasteiger charge is 2.17. The van der Waals surface area contributed by atoms with Crippen molar-refractivity contribution in [3.63, 3.8) is 0 Å². The first-order chi connectivity index (χ1) is 11.4. The first kappa shape index (κ1) is 16.7. The van der Waals surface area contributed by atoms with Gasteiger partial charge in [-0.15, -0.1) is 0 Å². The van der Waals surface area contributed by atoms with Crippen molar-refractivity contribution in [1.29, 1.82) is 0 Å². The number of nitrogens with zero attached hydrogens (tertiary/aromatic N) is 2. The lowest BCUT2D eigenvalue weighted by molar-refractivity contribution is 0.515. The minimum absolute atomic E-state index is 0.0569. The number of anilines is 2. The van der Waals surface area contributed by atoms with Crippen LogP contribution < -0.4 is 15.5 Å². The van der Waals surface area contributed by atoms with Gasteiger partial charge in [-0.05, 0) is 62.7 Å². The Balaban J connectivity index is 1.64. The number of benzene rings is 1. The molecule has 126 valence electrons. The predicted octanol–water partition coefficient (Wildman–Crippen LogP) is 3.73. The topological polar surface area (TPSA) is 40.2 Å². The lowest BCUT2D eigenvalue weighted by Crippen LogP contribution is -2.42. The van der Waals surface area contributed by atoms with Gasteiger partial charge in [-0.2, -0.15) is 0 Å². The second-order valence-electron chi connectivity index (χ2n) is 7.17. The van der Waals surface area contributed by atoms with Crippen molar-refractivity contribution in [2.75, 3.05) is 16.8 Å². The maximum atomic E-state index is 5.33. The Bertz CT molecular complexity index is 719. The van der Waals surface area contributed by atoms with Crippen LogP contribution in [0.3, 0.4) is 0 Å². The van der Waals surface area contributed by atoms with Crippen molar-refractivity contribution in [3.05, 3.63) is 53.7 Å². The molecule has 5 heteroatoms. The van der Waals surface area contributed by atoms with E-state index in [1.165, 1.54) is 11.1 Å². The molecule has 4 nitrogen and oxygen atoms in total. The predicted molar refractivity (Wildman–Crippen MR) is 105 cm³/mol. The molecule has 1 aliphatic rings. The summed E-state index contributed by atoms with van der Waals surface area (Å²) in [5, 5.41) is 7.04. The molecule has 0 bridgehead atoms. The summed E-state index contributed by atoms with van der Waals surface area (Å²) >= 11 is 5.33. The zero-order valence-corrected chi connectivity index (χ0v) is 15.3. The quantitative estimate of drug-likeness (QED) is 0.815. The minimum Gasteiger partial charge on any atom is -0.358 e. The van der Waals surface area contributed by atoms with Crippen LogP contribution in [0.15, 0.2) is 42.6 Å². The fraction of sp³-hybridized carbons (Fsp3) is 0.368. The first-order valence-corrected chi connectivity index (χ1v) is 8.68. The van der Waals surface area contributed by atoms with Crippen molar-refractivity contribution in [1.82, 2.24) is 10.3 Å². The largest absolute Gasteiger partial charge is 0.358 e. The summed E-state index contributed by atoms with van der Waals surface area (Å²) < 4.78 is 0. The fourth-order valence-electron chi connectivity index (χ4n) is 2.84. The number of hydrogen-bond donors (Lipinski definition) is 2. The summed E-state index contributed by atoms with van der Waals surface area (Å²) in [5.41, 5.74) is 3.69. The van der Waals surface area contributed by atoms with Gasteiger partial charge in [0.05, 0.1) is 11.9 Å². The Kier molecular flexibility index (Phi) is 4.71. The Morgan fingerprint density at radius 2 is 1.88 bits per heavy atom. The summed E-state index contributed by atoms with van der Waals surface area (Å²) in [5.74, 6) is 1.00. The lowest BCUT2D eigenvalue weighted by atomic mass is 10.00. The second kappa shape index (κ2) is 6.77. The van der Waals surface area contributed by atoms with Crippen LogP contribution in [0.25, 0.3) is 0 Å². The van der Waals surface area contributed by atoms with Gasteiger partial charge < -0.3 is 15.5 Å². The Morgan fingerprint density at radius 3 is 2.54 bits per heavy atom. The number of pyridine rings is 1. The van der Waals surface area contributed by atoms with Gasteiger partial charge in [-0.25, -0.2) is 4.98 Å². The van der Waals surface area contributed by atoms with Crippen LogP contribution in [-0.2, 0) is 13.0 Å². The summed E-state index contributed by atoms with van der Waals surface area (Å²) in [6.45, 7) is 8.16. The molecule has 2 heterocycles. The van der Waals surface area contributed by atoms with E-state index in [0.29, 0.717) is 5.11 Å². The average Bonchev–Trinajstić information content (AvgIpc) is 2.53. The third-order valence-corrected chi connectivity index (χ3v) is 4.15. The highest BCUT2D eigenvalue weighted by Crippen LogP contribution is 2.23. The van der Waals surface area contributed by atoms with E-state index in [9.17, 15) is 0 Å². The van der Waals surface area contributed by atoms with Crippen LogP contribution in [-0.4, -0.2) is 22.2 Å². The van der Waals surface area contributed by atoms with Gasteiger partial charge in [0.15, 0.2) is 5.11 Å². The number of fused-ring (bicyclic) bond motifs is 1. The lowest BCUT2D eigenvalue weighted by Gasteiger charge is -2.30. The fourth-order valence-corrected chi connectivity index (χ4v) is 3.27. The van der Waals surface area contributed by atoms with Gasteiger partial charge in [0.25, 0.3) is 0 Å². The van der Waals surface area contributed by atoms with Gasteiger partial charge >= 0.3 is 0 Å². The second-order valence-corrected chi connectivity index (χ2v) is 7.58. The maximum absolute atomic E-state index is 5.33. The molecule has 1 aromatic carbocycles. The molecular weight excluding hydrogens is 316 g/mol. The molecule has 1 aromatic heterocycles. The van der Waals surface area contributed by atoms with Crippen LogP contribution in [0.4, 0.5) is 11.5 Å². The van der Waals surface area contributed by atoms with E-state index in [1.807, 2.05) is 12.3 Å². The molecule has 3 rings (SSSR count). The SMILES string of the molecule is CC(C)(C)NC(=S)Nc1ccc(N2CCc3ccccc3C2)nc1. The molecule has 0 amide bonds. The molecular formula is C19H24N4S. The minimum atomic E-state index is -0.0569. The molecule has 0 unspecified atom stereocenters. The van der Waals surface area contributed by atoms with Crippen molar-refractivity contribution in [2.24, 2.45) is 0 Å². The highest BCUT2D eigenvalue weighted by molar-refractivity contribution is 7.80. The molecule has 0 saturated carbocycles. The molecule has 0 atom stereocenters. The van der Waals surface area contributed by atoms with Gasteiger partial charge in [0.1, 0.15) is 5.82 Å². The molecule has 0 saturated heterocycles. The van der Waals surface area contributed by atoms with E-state index < -0.39 is 0 Å². The van der Waals surface area contributed by atoms with Crippen LogP contribution in [0.5, 0.6) is 0 Å². The zero-order chi connectivity index (χ0) is 17.2. The number of aromatic nitrogens is 1. The molecule has 0 fully saturated rings. The molecule has 0 radical (unpaired) electrons. The molecule has 24 heavy (non-hydrogen) atoms.